The van der Waals surface area contributed by atoms with Gasteiger partial charge in [0.2, 0.25) is 0 Å². The van der Waals surface area contributed by atoms with E-state index < -0.39 is 0 Å². The van der Waals surface area contributed by atoms with E-state index in [-0.39, 0.29) is 22.8 Å². The van der Waals surface area contributed by atoms with Crippen molar-refractivity contribution >= 4 is 5.91 Å². The Morgan fingerprint density at radius 3 is 2.18 bits per heavy atom. The fourth-order valence-electron chi connectivity index (χ4n) is 6.20. The quantitative estimate of drug-likeness (QED) is 0.499. The van der Waals surface area contributed by atoms with Crippen LogP contribution in [0.1, 0.15) is 50.5 Å². The van der Waals surface area contributed by atoms with Crippen LogP contribution in [0.2, 0.25) is 0 Å². The van der Waals surface area contributed by atoms with Crippen molar-refractivity contribution < 1.29 is 14.3 Å². The van der Waals surface area contributed by atoms with Crippen LogP contribution in [0.15, 0.2) is 54.6 Å². The van der Waals surface area contributed by atoms with Crippen molar-refractivity contribution in [2.75, 3.05) is 20.8 Å². The molecule has 2 aromatic carbocycles. The Labute approximate surface area is 201 Å². The van der Waals surface area contributed by atoms with E-state index in [1.807, 2.05) is 54.6 Å². The predicted octanol–water partition coefficient (Wildman–Crippen LogP) is 5.60. The Morgan fingerprint density at radius 2 is 1.56 bits per heavy atom. The van der Waals surface area contributed by atoms with Gasteiger partial charge in [-0.05, 0) is 84.7 Å². The van der Waals surface area contributed by atoms with Gasteiger partial charge in [-0.2, -0.15) is 5.10 Å². The number of hydrogen-bond acceptors (Lipinski definition) is 4. The highest BCUT2D eigenvalue weighted by Crippen LogP contribution is 2.52. The van der Waals surface area contributed by atoms with Crippen molar-refractivity contribution in [1.29, 1.82) is 0 Å². The molecule has 0 radical (unpaired) electrons. The van der Waals surface area contributed by atoms with Crippen LogP contribution in [-0.4, -0.2) is 47.4 Å². The fourth-order valence-corrected chi connectivity index (χ4v) is 6.20. The first-order valence-corrected chi connectivity index (χ1v) is 11.9. The molecule has 6 heteroatoms. The number of likely N-dealkylation sites (tertiary alicyclic amines) is 1. The molecule has 1 aliphatic heterocycles. The summed E-state index contributed by atoms with van der Waals surface area (Å²) in [6.07, 6.45) is 3.26. The minimum absolute atomic E-state index is 0.0505. The zero-order valence-electron chi connectivity index (χ0n) is 20.7. The maximum atomic E-state index is 14.0. The van der Waals surface area contributed by atoms with E-state index in [4.69, 9.17) is 14.6 Å². The summed E-state index contributed by atoms with van der Waals surface area (Å²) in [7, 11) is 3.30. The Bertz CT molecular complexity index is 1200. The molecule has 2 unspecified atom stereocenters. The van der Waals surface area contributed by atoms with Gasteiger partial charge in [0.1, 0.15) is 17.2 Å². The summed E-state index contributed by atoms with van der Waals surface area (Å²) < 4.78 is 12.4. The number of rotatable bonds is 5. The average molecular weight is 460 g/mol. The molecule has 1 saturated carbocycles. The van der Waals surface area contributed by atoms with Gasteiger partial charge in [0.25, 0.3) is 5.91 Å². The SMILES string of the molecule is COc1ccc(-c2cc(C(=O)N3CC4(C)CC3CC(C)(C)C4)n(-c3ccc(OC)cc3)n2)cc1. The lowest BCUT2D eigenvalue weighted by molar-refractivity contribution is 0.0699. The Morgan fingerprint density at radius 1 is 0.941 bits per heavy atom. The third-order valence-corrected chi connectivity index (χ3v) is 7.31. The van der Waals surface area contributed by atoms with Crippen LogP contribution in [0.4, 0.5) is 0 Å². The number of nitrogens with zero attached hydrogens (tertiary/aromatic N) is 3. The second-order valence-electron chi connectivity index (χ2n) is 10.9. The number of benzene rings is 2. The van der Waals surface area contributed by atoms with E-state index in [1.165, 1.54) is 0 Å². The highest BCUT2D eigenvalue weighted by molar-refractivity contribution is 5.95. The van der Waals surface area contributed by atoms with Crippen molar-refractivity contribution in [3.8, 4) is 28.4 Å². The van der Waals surface area contributed by atoms with Gasteiger partial charge in [0, 0.05) is 18.2 Å². The minimum atomic E-state index is 0.0505. The van der Waals surface area contributed by atoms with Gasteiger partial charge in [0.05, 0.1) is 25.6 Å². The van der Waals surface area contributed by atoms with Crippen LogP contribution in [0.3, 0.4) is 0 Å². The van der Waals surface area contributed by atoms with Crippen molar-refractivity contribution in [3.63, 3.8) is 0 Å². The first-order valence-electron chi connectivity index (χ1n) is 11.9. The van der Waals surface area contributed by atoms with Crippen LogP contribution in [-0.2, 0) is 0 Å². The zero-order chi connectivity index (χ0) is 24.1. The van der Waals surface area contributed by atoms with Crippen molar-refractivity contribution in [2.24, 2.45) is 10.8 Å². The normalized spacial score (nSPS) is 23.1. The van der Waals surface area contributed by atoms with E-state index in [2.05, 4.69) is 25.7 Å². The van der Waals surface area contributed by atoms with Crippen molar-refractivity contribution in [1.82, 2.24) is 14.7 Å². The van der Waals surface area contributed by atoms with E-state index in [0.717, 1.165) is 54.3 Å². The van der Waals surface area contributed by atoms with Gasteiger partial charge in [-0.15, -0.1) is 0 Å². The maximum absolute atomic E-state index is 14.0. The van der Waals surface area contributed by atoms with E-state index in [9.17, 15) is 4.79 Å². The molecule has 2 aliphatic rings. The van der Waals surface area contributed by atoms with Gasteiger partial charge in [-0.25, -0.2) is 4.68 Å². The fraction of sp³-hybridized carbons (Fsp3) is 0.429. The molecule has 2 bridgehead atoms. The smallest absolute Gasteiger partial charge is 0.272 e. The van der Waals surface area contributed by atoms with Gasteiger partial charge < -0.3 is 14.4 Å². The van der Waals surface area contributed by atoms with Crippen LogP contribution < -0.4 is 9.47 Å². The number of methoxy groups -OCH3 is 2. The van der Waals surface area contributed by atoms with Crippen LogP contribution in [0.25, 0.3) is 16.9 Å². The first-order chi connectivity index (χ1) is 16.2. The van der Waals surface area contributed by atoms with Gasteiger partial charge >= 0.3 is 0 Å². The highest BCUT2D eigenvalue weighted by Gasteiger charge is 2.51. The monoisotopic (exact) mass is 459 g/mol. The van der Waals surface area contributed by atoms with Crippen molar-refractivity contribution in [2.45, 2.75) is 46.1 Å². The number of amides is 1. The number of aromatic nitrogens is 2. The number of ether oxygens (including phenoxy) is 2. The molecule has 0 N–H and O–H groups in total. The summed E-state index contributed by atoms with van der Waals surface area (Å²) >= 11 is 0. The lowest BCUT2D eigenvalue weighted by Crippen LogP contribution is -2.38. The molecule has 1 aliphatic carbocycles. The molecule has 6 nitrogen and oxygen atoms in total. The highest BCUT2D eigenvalue weighted by atomic mass is 16.5. The summed E-state index contributed by atoms with van der Waals surface area (Å²) in [5.41, 5.74) is 3.54. The number of carbonyl (C=O) groups is 1. The van der Waals surface area contributed by atoms with Gasteiger partial charge in [0.15, 0.2) is 0 Å². The average Bonchev–Trinajstić information content (AvgIpc) is 3.37. The number of hydrogen-bond donors (Lipinski definition) is 0. The summed E-state index contributed by atoms with van der Waals surface area (Å²) in [4.78, 5) is 16.1. The molecular formula is C28H33N3O3. The molecule has 2 atom stereocenters. The molecular weight excluding hydrogens is 426 g/mol. The lowest BCUT2D eigenvalue weighted by Gasteiger charge is -2.39. The number of fused-ring (bicyclic) bond motifs is 2. The Kier molecular flexibility index (Phi) is 5.42. The third-order valence-electron chi connectivity index (χ3n) is 7.31. The van der Waals surface area contributed by atoms with E-state index in [0.29, 0.717) is 5.69 Å². The molecule has 3 aromatic rings. The molecule has 1 aromatic heterocycles. The molecule has 2 fully saturated rings. The van der Waals surface area contributed by atoms with Crippen LogP contribution in [0, 0.1) is 10.8 Å². The lowest BCUT2D eigenvalue weighted by atomic mass is 9.65. The molecule has 34 heavy (non-hydrogen) atoms. The maximum Gasteiger partial charge on any atom is 0.272 e. The molecule has 0 spiro atoms. The minimum Gasteiger partial charge on any atom is -0.497 e. The van der Waals surface area contributed by atoms with Gasteiger partial charge in [-0.3, -0.25) is 4.79 Å². The van der Waals surface area contributed by atoms with E-state index in [1.54, 1.807) is 18.9 Å². The second-order valence-corrected chi connectivity index (χ2v) is 10.9. The molecule has 1 amide bonds. The summed E-state index contributed by atoms with van der Waals surface area (Å²) in [6, 6.07) is 17.6. The van der Waals surface area contributed by atoms with Gasteiger partial charge in [-0.1, -0.05) is 20.8 Å². The predicted molar refractivity (Wildman–Crippen MR) is 133 cm³/mol. The topological polar surface area (TPSA) is 56.6 Å². The van der Waals surface area contributed by atoms with Crippen LogP contribution >= 0.6 is 0 Å². The first kappa shape index (κ1) is 22.5. The van der Waals surface area contributed by atoms with Crippen molar-refractivity contribution in [3.05, 3.63) is 60.3 Å². The summed E-state index contributed by atoms with van der Waals surface area (Å²) in [6.45, 7) is 7.78. The van der Waals surface area contributed by atoms with E-state index >= 15 is 0 Å². The second kappa shape index (κ2) is 8.19. The number of carbonyl (C=O) groups excluding carboxylic acids is 1. The molecule has 1 saturated heterocycles. The molecule has 178 valence electrons. The molecule has 2 heterocycles. The standard InChI is InChI=1S/C28H33N3O3/c1-27(2)15-21-16-28(3,17-27)18-30(21)26(32)25-14-24(19-6-10-22(33-4)11-7-19)29-31(25)20-8-12-23(34-5)13-9-20/h6-14,21H,15-18H2,1-5H3. The zero-order valence-corrected chi connectivity index (χ0v) is 20.7. The molecule has 5 rings (SSSR count). The van der Waals surface area contributed by atoms with Crippen LogP contribution in [0.5, 0.6) is 11.5 Å². The Balaban J connectivity index is 1.55. The summed E-state index contributed by atoms with van der Waals surface area (Å²) in [5, 5.41) is 4.87. The largest absolute Gasteiger partial charge is 0.497 e. The Hall–Kier alpha value is -3.28. The summed E-state index contributed by atoms with van der Waals surface area (Å²) in [5.74, 6) is 1.60. The third kappa shape index (κ3) is 4.06.